The molecule has 2 aliphatic heterocycles. The first-order valence-electron chi connectivity index (χ1n) is 12.7. The van der Waals surface area contributed by atoms with Gasteiger partial charge in [0.05, 0.1) is 29.0 Å². The standard InChI is InChI=1S/C25H21FN3O5.C2H6.CH4O.V/c1-3-25(33)15-6-19-22-13(8-29(19)23(31)14(15)9-34-24(25)32)21-17(27-10-30)5-4-12-11(2)16(26)7-18(28-22)20(12)21;2*1-2;/h6-7,17,33H,3-5,8-9H2,1-2H3,(H,27,30);1-2H3;2H,1H3;/q-1;;;/t17-,25-;;;/m0.../s1. The molecule has 1 aromatic carbocycles. The minimum Gasteiger partial charge on any atom is -0.524 e. The fourth-order valence-corrected chi connectivity index (χ4v) is 5.77. The third kappa shape index (κ3) is 4.39. The first kappa shape index (κ1) is 30.5. The first-order valence-corrected chi connectivity index (χ1v) is 12.7. The van der Waals surface area contributed by atoms with Crippen LogP contribution in [0.4, 0.5) is 4.39 Å². The van der Waals surface area contributed by atoms with Crippen LogP contribution in [0.3, 0.4) is 0 Å². The maximum Gasteiger partial charge on any atom is 0.343 e. The molecule has 9 nitrogen and oxygen atoms in total. The summed E-state index contributed by atoms with van der Waals surface area (Å²) in [5.74, 6) is -1.15. The molecule has 0 spiro atoms. The molecule has 0 unspecified atom stereocenters. The van der Waals surface area contributed by atoms with E-state index in [1.54, 1.807) is 30.9 Å². The summed E-state index contributed by atoms with van der Waals surface area (Å²) in [5.41, 5.74) is 2.50. The Kier molecular flexibility index (Phi) is 9.07. The molecule has 2 aromatic heterocycles. The van der Waals surface area contributed by atoms with Gasteiger partial charge < -0.3 is 29.6 Å². The normalized spacial score (nSPS) is 19.6. The number of pyridine rings is 2. The number of ether oxygens (including phenoxy) is 1. The number of fused-ring (bicyclic) bond motifs is 5. The Hall–Kier alpha value is -3.05. The van der Waals surface area contributed by atoms with Crippen LogP contribution in [0.25, 0.3) is 22.3 Å². The number of rotatable bonds is 3. The maximum atomic E-state index is 14.8. The van der Waals surface area contributed by atoms with Gasteiger partial charge in [-0.15, -0.1) is 0 Å². The molecule has 0 fully saturated rings. The van der Waals surface area contributed by atoms with Crippen molar-refractivity contribution in [3.63, 3.8) is 0 Å². The summed E-state index contributed by atoms with van der Waals surface area (Å²) in [7, 11) is 1.00. The minimum absolute atomic E-state index is 0. The van der Waals surface area contributed by atoms with E-state index in [1.165, 1.54) is 6.07 Å². The van der Waals surface area contributed by atoms with E-state index in [-0.39, 0.29) is 66.7 Å². The minimum atomic E-state index is -1.93. The van der Waals surface area contributed by atoms with E-state index in [4.69, 9.17) is 14.8 Å². The number of cyclic esters (lactones) is 1. The van der Waals surface area contributed by atoms with Crippen LogP contribution >= 0.6 is 0 Å². The van der Waals surface area contributed by atoms with E-state index in [0.29, 0.717) is 35.3 Å². The number of aryl methyl sites for hydroxylation is 1. The second kappa shape index (κ2) is 11.6. The molecule has 3 aromatic rings. The number of hydrogen-bond donors (Lipinski definition) is 3. The van der Waals surface area contributed by atoms with E-state index >= 15 is 0 Å². The average Bonchev–Trinajstić information content (AvgIpc) is 3.31. The van der Waals surface area contributed by atoms with Crippen molar-refractivity contribution in [1.82, 2.24) is 14.9 Å². The van der Waals surface area contributed by atoms with Gasteiger partial charge in [0.2, 0.25) is 0 Å². The van der Waals surface area contributed by atoms with E-state index < -0.39 is 11.6 Å². The number of aliphatic hydroxyl groups is 2. The Morgan fingerprint density at radius 1 is 1.23 bits per heavy atom. The van der Waals surface area contributed by atoms with Crippen molar-refractivity contribution in [1.29, 1.82) is 0 Å². The number of carbonyl (C=O) groups is 1. The van der Waals surface area contributed by atoms with Crippen molar-refractivity contribution >= 4 is 23.3 Å². The van der Waals surface area contributed by atoms with E-state index in [1.807, 2.05) is 13.8 Å². The van der Waals surface area contributed by atoms with Crippen LogP contribution in [-0.2, 0) is 58.1 Å². The number of hydrogen-bond acceptors (Lipinski definition) is 7. The van der Waals surface area contributed by atoms with Crippen LogP contribution in [0.2, 0.25) is 0 Å². The molecular formula is C28H31FN3O6V-. The quantitative estimate of drug-likeness (QED) is 0.195. The Morgan fingerprint density at radius 2 is 1.92 bits per heavy atom. The Labute approximate surface area is 237 Å². The van der Waals surface area contributed by atoms with Crippen molar-refractivity contribution in [2.75, 3.05) is 7.11 Å². The number of benzene rings is 1. The molecule has 207 valence electrons. The summed E-state index contributed by atoms with van der Waals surface area (Å²) in [4.78, 5) is 41.9. The molecule has 0 saturated carbocycles. The van der Waals surface area contributed by atoms with Gasteiger partial charge in [-0.3, -0.25) is 4.79 Å². The topological polar surface area (TPSA) is 131 Å². The molecule has 11 heteroatoms. The van der Waals surface area contributed by atoms with Crippen LogP contribution in [0.5, 0.6) is 0 Å². The molecule has 3 N–H and O–H groups in total. The number of halogens is 1. The van der Waals surface area contributed by atoms with Crippen LogP contribution in [0.15, 0.2) is 16.9 Å². The van der Waals surface area contributed by atoms with Gasteiger partial charge in [0.15, 0.2) is 5.60 Å². The average molecular weight is 576 g/mol. The van der Waals surface area contributed by atoms with Crippen LogP contribution in [-0.4, -0.2) is 39.3 Å². The summed E-state index contributed by atoms with van der Waals surface area (Å²) in [6, 6.07) is 2.65. The summed E-state index contributed by atoms with van der Waals surface area (Å²) < 4.78 is 21.4. The van der Waals surface area contributed by atoms with E-state index in [2.05, 4.69) is 5.32 Å². The molecule has 6 rings (SSSR count). The molecule has 1 aliphatic carbocycles. The maximum absolute atomic E-state index is 14.8. The largest absolute Gasteiger partial charge is 0.524 e. The molecule has 3 aliphatic rings. The number of aromatic nitrogens is 2. The number of carbonyl (C=O) groups excluding carboxylic acids is 2. The number of aliphatic hydroxyl groups excluding tert-OH is 1. The third-order valence-corrected chi connectivity index (χ3v) is 7.61. The van der Waals surface area contributed by atoms with Gasteiger partial charge in [0.1, 0.15) is 12.4 Å². The predicted molar refractivity (Wildman–Crippen MR) is 139 cm³/mol. The SMILES string of the molecule is CC.CC[C@@]1(O)C(=O)OCc2c1cc1n(c2=O)Cc2c-1nc1cc(F)c(C)c3c1c2[C@@H](N[C-]=O)CC3.CO.[V]. The number of esters is 1. The number of nitrogens with zero attached hydrogens (tertiary/aromatic N) is 2. The van der Waals surface area contributed by atoms with Gasteiger partial charge in [0.25, 0.3) is 5.56 Å². The zero-order valence-corrected chi connectivity index (χ0v) is 23.9. The summed E-state index contributed by atoms with van der Waals surface area (Å²) in [6.45, 7) is 7.37. The van der Waals surface area contributed by atoms with Crippen molar-refractivity contribution < 1.29 is 47.5 Å². The first-order chi connectivity index (χ1) is 18.3. The molecule has 1 amide bonds. The molecule has 39 heavy (non-hydrogen) atoms. The van der Waals surface area contributed by atoms with Gasteiger partial charge in [-0.05, 0) is 48.9 Å². The van der Waals surface area contributed by atoms with Crippen molar-refractivity contribution in [2.45, 2.75) is 71.8 Å². The van der Waals surface area contributed by atoms with E-state index in [0.717, 1.165) is 29.2 Å². The molecular weight excluding hydrogens is 544 g/mol. The zero-order chi connectivity index (χ0) is 27.9. The third-order valence-electron chi connectivity index (χ3n) is 7.61. The smallest absolute Gasteiger partial charge is 0.343 e. The van der Waals surface area contributed by atoms with Crippen molar-refractivity contribution in [3.8, 4) is 11.4 Å². The van der Waals surface area contributed by atoms with Gasteiger partial charge in [-0.2, -0.15) is 6.41 Å². The van der Waals surface area contributed by atoms with Gasteiger partial charge >= 0.3 is 5.97 Å². The van der Waals surface area contributed by atoms with E-state index in [9.17, 15) is 23.9 Å². The summed E-state index contributed by atoms with van der Waals surface area (Å²) in [6.07, 6.45) is 2.97. The zero-order valence-electron chi connectivity index (χ0n) is 22.5. The fraction of sp³-hybridized carbons (Fsp3) is 0.429. The monoisotopic (exact) mass is 575 g/mol. The Balaban J connectivity index is 0.000000805. The molecule has 1 radical (unpaired) electrons. The number of nitrogens with one attached hydrogen (secondary N) is 1. The summed E-state index contributed by atoms with van der Waals surface area (Å²) >= 11 is 0. The summed E-state index contributed by atoms with van der Waals surface area (Å²) in [5, 5.41) is 21.6. The molecule has 0 saturated heterocycles. The van der Waals surface area contributed by atoms with Crippen molar-refractivity contribution in [3.05, 3.63) is 61.7 Å². The molecule has 0 bridgehead atoms. The van der Waals surface area contributed by atoms with Crippen LogP contribution < -0.4 is 10.9 Å². The molecule has 4 heterocycles. The van der Waals surface area contributed by atoms with Crippen LogP contribution in [0.1, 0.15) is 73.0 Å². The second-order valence-electron chi connectivity index (χ2n) is 9.15. The van der Waals surface area contributed by atoms with Crippen LogP contribution in [0, 0.1) is 12.7 Å². The number of amides is 1. The molecule has 2 atom stereocenters. The predicted octanol–water partition coefficient (Wildman–Crippen LogP) is 2.80. The Bertz CT molecular complexity index is 1520. The van der Waals surface area contributed by atoms with Crippen molar-refractivity contribution in [2.24, 2.45) is 0 Å². The Morgan fingerprint density at radius 3 is 2.56 bits per heavy atom. The second-order valence-corrected chi connectivity index (χ2v) is 9.15. The fourth-order valence-electron chi connectivity index (χ4n) is 5.77. The van der Waals surface area contributed by atoms with Gasteiger partial charge in [0, 0.05) is 54.3 Å². The van der Waals surface area contributed by atoms with Gasteiger partial charge in [-0.25, -0.2) is 14.2 Å². The van der Waals surface area contributed by atoms with Gasteiger partial charge in [-0.1, -0.05) is 20.8 Å².